The third-order valence-corrected chi connectivity index (χ3v) is 1.36. The number of rotatable bonds is 5. The van der Waals surface area contributed by atoms with Crippen molar-refractivity contribution in [1.82, 2.24) is 5.32 Å². The van der Waals surface area contributed by atoms with Gasteiger partial charge in [0.05, 0.1) is 0 Å². The van der Waals surface area contributed by atoms with Crippen LogP contribution < -0.4 is 53.0 Å². The number of carbonyl (C=O) groups is 3. The Balaban J connectivity index is -0.000000720. The number of nitrogens with one attached hydrogen (secondary N) is 1. The molecule has 15 heavy (non-hydrogen) atoms. The second-order valence-electron chi connectivity index (χ2n) is 2.60. The Morgan fingerprint density at radius 1 is 1.40 bits per heavy atom. The van der Waals surface area contributed by atoms with Gasteiger partial charge in [-0.15, -0.1) is 0 Å². The fraction of sp³-hybridized carbons (Fsp3) is 0.571. The van der Waals surface area contributed by atoms with Crippen LogP contribution >= 0.6 is 0 Å². The molecule has 0 aliphatic carbocycles. The summed E-state index contributed by atoms with van der Waals surface area (Å²) in [4.78, 5) is 31.3. The molecule has 0 rings (SSSR count). The first-order chi connectivity index (χ1) is 5.93. The molecular weight excluding hydrogens is 235 g/mol. The quantitative estimate of drug-likeness (QED) is 0.419. The van der Waals surface area contributed by atoms with Crippen molar-refractivity contribution in [2.24, 2.45) is 5.73 Å². The topological polar surface area (TPSA) is 109 Å². The van der Waals surface area contributed by atoms with E-state index in [0.717, 1.165) is 0 Å². The molecule has 0 saturated carbocycles. The number of carbonyl (C=O) groups excluding carboxylic acids is 2. The number of halogens is 1. The zero-order valence-corrected chi connectivity index (χ0v) is 11.4. The van der Waals surface area contributed by atoms with Crippen LogP contribution in [-0.2, 0) is 14.4 Å². The molecule has 2 amide bonds. The Morgan fingerprint density at radius 3 is 2.13 bits per heavy atom. The van der Waals surface area contributed by atoms with Gasteiger partial charge in [-0.1, -0.05) is 0 Å². The molecule has 0 spiro atoms. The summed E-state index contributed by atoms with van der Waals surface area (Å²) in [6.07, 6.45) is -0.0402. The molecule has 82 valence electrons. The van der Waals surface area contributed by atoms with Crippen LogP contribution in [0.4, 0.5) is 0 Å². The second kappa shape index (κ2) is 10.2. The molecule has 8 heteroatoms. The van der Waals surface area contributed by atoms with Crippen molar-refractivity contribution in [3.8, 4) is 0 Å². The molecule has 0 aromatic carbocycles. The van der Waals surface area contributed by atoms with Crippen molar-refractivity contribution < 1.29 is 61.5 Å². The molecule has 0 bridgehead atoms. The number of hydrogen-bond donors (Lipinski definition) is 3. The smallest absolute Gasteiger partial charge is 1.00 e. The van der Waals surface area contributed by atoms with Crippen LogP contribution in [0.3, 0.4) is 0 Å². The molecule has 0 aromatic rings. The monoisotopic (exact) mass is 246 g/mol. The number of primary amides is 1. The predicted octanol–water partition coefficient (Wildman–Crippen LogP) is -7.15. The van der Waals surface area contributed by atoms with Crippen LogP contribution in [0.1, 0.15) is 19.8 Å². The van der Waals surface area contributed by atoms with Crippen LogP contribution in [0, 0.1) is 0 Å². The molecule has 0 unspecified atom stereocenters. The van der Waals surface area contributed by atoms with Crippen LogP contribution in [-0.4, -0.2) is 28.9 Å². The van der Waals surface area contributed by atoms with Crippen molar-refractivity contribution in [2.75, 3.05) is 0 Å². The summed E-state index contributed by atoms with van der Waals surface area (Å²) < 4.78 is 0. The standard InChI is InChI=1S/C7H12N2O4.ClH.Na/c1-4(10)9-5(7(12)13)2-3-6(8)11;;/h5H,2-3H2,1H3,(H2,8,11)(H,9,10)(H,12,13);1H;/q;;+1/p-1/t5-;;/m0../s1. The molecule has 4 N–H and O–H groups in total. The zero-order chi connectivity index (χ0) is 10.4. The number of carboxylic acid groups (broad SMARTS) is 1. The van der Waals surface area contributed by atoms with Crippen LogP contribution in [0.25, 0.3) is 0 Å². The van der Waals surface area contributed by atoms with Crippen LogP contribution in [0.5, 0.6) is 0 Å². The van der Waals surface area contributed by atoms with Crippen molar-refractivity contribution >= 4 is 17.8 Å². The summed E-state index contributed by atoms with van der Waals surface area (Å²) in [5.74, 6) is -2.20. The van der Waals surface area contributed by atoms with E-state index in [1.165, 1.54) is 6.92 Å². The van der Waals surface area contributed by atoms with E-state index in [1.807, 2.05) is 0 Å². The molecule has 1 atom stereocenters. The Labute approximate surface area is 116 Å². The summed E-state index contributed by atoms with van der Waals surface area (Å²) in [7, 11) is 0. The van der Waals surface area contributed by atoms with E-state index in [4.69, 9.17) is 10.8 Å². The van der Waals surface area contributed by atoms with Gasteiger partial charge in [-0.25, -0.2) is 4.79 Å². The van der Waals surface area contributed by atoms with Crippen LogP contribution in [0.2, 0.25) is 0 Å². The Kier molecular flexibility index (Phi) is 13.7. The Morgan fingerprint density at radius 2 is 1.87 bits per heavy atom. The van der Waals surface area contributed by atoms with Gasteiger partial charge in [0.1, 0.15) is 6.04 Å². The molecule has 6 nitrogen and oxygen atoms in total. The minimum absolute atomic E-state index is 0. The summed E-state index contributed by atoms with van der Waals surface area (Å²) in [6, 6.07) is -1.04. The van der Waals surface area contributed by atoms with Gasteiger partial charge < -0.3 is 28.6 Å². The number of nitrogens with two attached hydrogens (primary N) is 1. The van der Waals surface area contributed by atoms with E-state index < -0.39 is 23.8 Å². The first-order valence-electron chi connectivity index (χ1n) is 3.71. The Hall–Kier alpha value is -0.300. The molecule has 0 heterocycles. The molecule has 0 aliphatic rings. The third kappa shape index (κ3) is 11.6. The number of hydrogen-bond acceptors (Lipinski definition) is 3. The van der Waals surface area contributed by atoms with E-state index in [9.17, 15) is 14.4 Å². The minimum atomic E-state index is -1.17. The van der Waals surface area contributed by atoms with E-state index in [0.29, 0.717) is 0 Å². The average Bonchev–Trinajstić information content (AvgIpc) is 1.96. The number of aliphatic carboxylic acids is 1. The fourth-order valence-electron chi connectivity index (χ4n) is 0.789. The summed E-state index contributed by atoms with van der Waals surface area (Å²) >= 11 is 0. The number of amides is 2. The molecule has 0 aliphatic heterocycles. The predicted molar refractivity (Wildman–Crippen MR) is 43.7 cm³/mol. The fourth-order valence-corrected chi connectivity index (χ4v) is 0.789. The second-order valence-corrected chi connectivity index (χ2v) is 2.60. The van der Waals surface area contributed by atoms with E-state index in [1.54, 1.807) is 0 Å². The van der Waals surface area contributed by atoms with E-state index in [-0.39, 0.29) is 54.8 Å². The van der Waals surface area contributed by atoms with Crippen molar-refractivity contribution in [1.29, 1.82) is 0 Å². The minimum Gasteiger partial charge on any atom is -1.00 e. The number of carboxylic acids is 1. The maximum Gasteiger partial charge on any atom is 1.00 e. The van der Waals surface area contributed by atoms with Gasteiger partial charge in [-0.3, -0.25) is 9.59 Å². The first kappa shape index (κ1) is 20.2. The maximum absolute atomic E-state index is 10.5. The molecule has 0 saturated heterocycles. The third-order valence-electron chi connectivity index (χ3n) is 1.36. The molecule has 0 aromatic heterocycles. The van der Waals surface area contributed by atoms with Gasteiger partial charge in [0, 0.05) is 13.3 Å². The van der Waals surface area contributed by atoms with Crippen molar-refractivity contribution in [3.63, 3.8) is 0 Å². The SMILES string of the molecule is CC(=O)N[C@@H](CCC(N)=O)C(=O)O.[Cl-].[Na+]. The first-order valence-corrected chi connectivity index (χ1v) is 3.71. The van der Waals surface area contributed by atoms with Gasteiger partial charge in [0.25, 0.3) is 0 Å². The van der Waals surface area contributed by atoms with Gasteiger partial charge in [0.15, 0.2) is 0 Å². The van der Waals surface area contributed by atoms with E-state index in [2.05, 4.69) is 5.32 Å². The summed E-state index contributed by atoms with van der Waals surface area (Å²) in [5.41, 5.74) is 4.83. The summed E-state index contributed by atoms with van der Waals surface area (Å²) in [5, 5.41) is 10.8. The average molecular weight is 247 g/mol. The van der Waals surface area contributed by atoms with Crippen molar-refractivity contribution in [2.45, 2.75) is 25.8 Å². The van der Waals surface area contributed by atoms with Gasteiger partial charge in [-0.05, 0) is 6.42 Å². The molecule has 0 radical (unpaired) electrons. The van der Waals surface area contributed by atoms with Gasteiger partial charge >= 0.3 is 35.5 Å². The molecule has 0 fully saturated rings. The van der Waals surface area contributed by atoms with E-state index >= 15 is 0 Å². The largest absolute Gasteiger partial charge is 1.00 e. The molecular formula is C7H12ClN2NaO4. The van der Waals surface area contributed by atoms with Gasteiger partial charge in [-0.2, -0.15) is 0 Å². The van der Waals surface area contributed by atoms with Crippen molar-refractivity contribution in [3.05, 3.63) is 0 Å². The van der Waals surface area contributed by atoms with Gasteiger partial charge in [0.2, 0.25) is 11.8 Å². The zero-order valence-electron chi connectivity index (χ0n) is 8.62. The maximum atomic E-state index is 10.5. The van der Waals surface area contributed by atoms with Crippen LogP contribution in [0.15, 0.2) is 0 Å². The normalized spacial score (nSPS) is 10.2. The Bertz CT molecular complexity index is 237. The summed E-state index contributed by atoms with van der Waals surface area (Å²) in [6.45, 7) is 1.21.